The van der Waals surface area contributed by atoms with E-state index in [9.17, 15) is 0 Å². The fourth-order valence-corrected chi connectivity index (χ4v) is 15.4. The fourth-order valence-electron chi connectivity index (χ4n) is 11.9. The van der Waals surface area contributed by atoms with E-state index < -0.39 is 0 Å². The van der Waals surface area contributed by atoms with Crippen LogP contribution < -0.4 is 0 Å². The lowest BCUT2D eigenvalue weighted by Crippen LogP contribution is -1.97. The summed E-state index contributed by atoms with van der Waals surface area (Å²) in [5.41, 5.74) is 9.18. The average Bonchev–Trinajstić information content (AvgIpc) is 4.31. The van der Waals surface area contributed by atoms with Gasteiger partial charge in [-0.3, -0.25) is 28.2 Å². The summed E-state index contributed by atoms with van der Waals surface area (Å²) in [6, 6.07) is 46.6. The van der Waals surface area contributed by atoms with Crippen LogP contribution in [-0.2, 0) is 0 Å². The van der Waals surface area contributed by atoms with E-state index in [1.54, 1.807) is 0 Å². The third-order valence-electron chi connectivity index (χ3n) is 15.1. The minimum absolute atomic E-state index is 0.786. The Kier molecular flexibility index (Phi) is 7.09. The molecule has 18 aromatic rings. The van der Waals surface area contributed by atoms with E-state index in [0.717, 1.165) is 99.4 Å². The highest BCUT2D eigenvalue weighted by molar-refractivity contribution is 7.27. The maximum Gasteiger partial charge on any atom is 0.147 e. The highest BCUT2D eigenvalue weighted by atomic mass is 32.1. The summed E-state index contributed by atoms with van der Waals surface area (Å²) in [6.45, 7) is 0. The van der Waals surface area contributed by atoms with Crippen LogP contribution in [0.2, 0.25) is 0 Å². The first-order valence-corrected chi connectivity index (χ1v) is 26.2. The second-order valence-electron chi connectivity index (χ2n) is 18.8. The second-order valence-corrected chi connectivity index (χ2v) is 22.0. The van der Waals surface area contributed by atoms with Gasteiger partial charge in [0.2, 0.25) is 0 Å². The molecule has 332 valence electrons. The summed E-state index contributed by atoms with van der Waals surface area (Å²) in [5.74, 6) is 0. The molecule has 0 saturated heterocycles. The molecule has 0 unspecified atom stereocenters. The van der Waals surface area contributed by atoms with Crippen LogP contribution in [0.15, 0.2) is 177 Å². The van der Waals surface area contributed by atoms with Crippen molar-refractivity contribution in [2.75, 3.05) is 0 Å². The Morgan fingerprint density at radius 2 is 1.03 bits per heavy atom. The molecule has 12 heterocycles. The van der Waals surface area contributed by atoms with E-state index in [1.165, 1.54) is 65.9 Å². The SMILES string of the molecule is c1ccc2c(c1)sc1cc3c(cc12)c1ccncc1c1nc(-c2cc4c5cc6sc7ccccc7c6cc5n5c(-c6cc7c(cn6)c6nccn6c6c7ccc7c8ccccc8sc76)cnc5c4cn2)cn31. The Balaban J connectivity index is 0.891. The third-order valence-corrected chi connectivity index (χ3v) is 18.6. The Morgan fingerprint density at radius 3 is 1.86 bits per heavy atom. The number of hydrogen-bond acceptors (Lipinski definition) is 9. The summed E-state index contributed by atoms with van der Waals surface area (Å²) in [5, 5.41) is 17.2. The van der Waals surface area contributed by atoms with Gasteiger partial charge in [0.1, 0.15) is 22.6 Å². The van der Waals surface area contributed by atoms with Crippen molar-refractivity contribution in [1.82, 2.24) is 43.1 Å². The summed E-state index contributed by atoms with van der Waals surface area (Å²) < 4.78 is 14.3. The molecule has 0 fully saturated rings. The summed E-state index contributed by atoms with van der Waals surface area (Å²) >= 11 is 5.49. The smallest absolute Gasteiger partial charge is 0.147 e. The van der Waals surface area contributed by atoms with Gasteiger partial charge in [-0.15, -0.1) is 34.0 Å². The van der Waals surface area contributed by atoms with Gasteiger partial charge in [-0.2, -0.15) is 0 Å². The van der Waals surface area contributed by atoms with Gasteiger partial charge < -0.3 is 0 Å². The molecule has 0 aliphatic carbocycles. The van der Waals surface area contributed by atoms with Crippen LogP contribution in [0.1, 0.15) is 0 Å². The molecule has 12 aromatic heterocycles. The first-order chi connectivity index (χ1) is 35.7. The maximum absolute atomic E-state index is 5.38. The lowest BCUT2D eigenvalue weighted by Gasteiger charge is -2.13. The van der Waals surface area contributed by atoms with Crippen molar-refractivity contribution < 1.29 is 0 Å². The zero-order valence-corrected chi connectivity index (χ0v) is 39.9. The van der Waals surface area contributed by atoms with Gasteiger partial charge in [-0.1, -0.05) is 66.7 Å². The predicted octanol–water partition coefficient (Wildman–Crippen LogP) is 16.2. The molecule has 0 atom stereocenters. The zero-order valence-electron chi connectivity index (χ0n) is 37.5. The van der Waals surface area contributed by atoms with E-state index in [1.807, 2.05) is 71.2 Å². The van der Waals surface area contributed by atoms with E-state index in [2.05, 4.69) is 158 Å². The molecule has 0 N–H and O–H groups in total. The van der Waals surface area contributed by atoms with Crippen LogP contribution in [0.4, 0.5) is 0 Å². The molecule has 6 aromatic carbocycles. The number of hydrogen-bond donors (Lipinski definition) is 0. The Hall–Kier alpha value is -8.94. The lowest BCUT2D eigenvalue weighted by molar-refractivity contribution is 1.23. The maximum atomic E-state index is 5.38. The number of rotatable bonds is 2. The van der Waals surface area contributed by atoms with Crippen molar-refractivity contribution in [2.45, 2.75) is 0 Å². The van der Waals surface area contributed by atoms with Crippen LogP contribution in [-0.4, -0.2) is 43.1 Å². The van der Waals surface area contributed by atoms with Gasteiger partial charge in [0, 0.05) is 132 Å². The van der Waals surface area contributed by atoms with Crippen molar-refractivity contribution in [3.05, 3.63) is 177 Å². The molecule has 0 amide bonds. The normalized spacial score (nSPS) is 12.7. The molecule has 72 heavy (non-hydrogen) atoms. The molecule has 0 aliphatic rings. The highest BCUT2D eigenvalue weighted by Gasteiger charge is 2.23. The fraction of sp³-hybridized carbons (Fsp3) is 0. The van der Waals surface area contributed by atoms with E-state index in [-0.39, 0.29) is 0 Å². The number of pyridine rings is 6. The van der Waals surface area contributed by atoms with Crippen molar-refractivity contribution in [2.24, 2.45) is 0 Å². The Labute approximate surface area is 416 Å². The monoisotopic (exact) mass is 971 g/mol. The minimum atomic E-state index is 0.786. The number of fused-ring (bicyclic) bond motifs is 28. The van der Waals surface area contributed by atoms with Gasteiger partial charge in [-0.05, 0) is 76.8 Å². The first kappa shape index (κ1) is 37.9. The van der Waals surface area contributed by atoms with Gasteiger partial charge >= 0.3 is 0 Å². The molecule has 0 saturated carbocycles. The quantitative estimate of drug-likeness (QED) is 0.160. The van der Waals surface area contributed by atoms with E-state index >= 15 is 0 Å². The zero-order chi connectivity index (χ0) is 46.5. The summed E-state index contributed by atoms with van der Waals surface area (Å²) in [4.78, 5) is 30.6. The van der Waals surface area contributed by atoms with Crippen molar-refractivity contribution in [1.29, 1.82) is 0 Å². The van der Waals surface area contributed by atoms with Gasteiger partial charge in [0.15, 0.2) is 0 Å². The first-order valence-electron chi connectivity index (χ1n) is 23.7. The third kappa shape index (κ3) is 4.85. The van der Waals surface area contributed by atoms with Gasteiger partial charge in [0.25, 0.3) is 0 Å². The number of thiophene rings is 3. The van der Waals surface area contributed by atoms with Gasteiger partial charge in [0.05, 0.1) is 44.5 Å². The topological polar surface area (TPSA) is 90.6 Å². The molecule has 9 nitrogen and oxygen atoms in total. The van der Waals surface area contributed by atoms with Crippen LogP contribution in [0.25, 0.3) is 165 Å². The highest BCUT2D eigenvalue weighted by Crippen LogP contribution is 2.45. The molecule has 18 rings (SSSR count). The molecular formula is C60H29N9S3. The molecular weight excluding hydrogens is 943 g/mol. The molecule has 0 spiro atoms. The molecule has 0 aliphatic heterocycles. The van der Waals surface area contributed by atoms with Crippen LogP contribution >= 0.6 is 34.0 Å². The largest absolute Gasteiger partial charge is 0.298 e. The van der Waals surface area contributed by atoms with Crippen molar-refractivity contribution in [3.63, 3.8) is 0 Å². The minimum Gasteiger partial charge on any atom is -0.298 e. The van der Waals surface area contributed by atoms with Crippen molar-refractivity contribution >= 4 is 176 Å². The number of benzene rings is 6. The summed E-state index contributed by atoms with van der Waals surface area (Å²) in [7, 11) is 0. The van der Waals surface area contributed by atoms with Crippen LogP contribution in [0, 0.1) is 0 Å². The molecule has 0 bridgehead atoms. The number of aromatic nitrogens is 9. The van der Waals surface area contributed by atoms with Crippen molar-refractivity contribution in [3.8, 4) is 22.8 Å². The Bertz CT molecular complexity index is 5500. The molecule has 12 heteroatoms. The summed E-state index contributed by atoms with van der Waals surface area (Å²) in [6.07, 6.45) is 15.9. The second kappa shape index (κ2) is 13.5. The van der Waals surface area contributed by atoms with Crippen LogP contribution in [0.5, 0.6) is 0 Å². The van der Waals surface area contributed by atoms with E-state index in [0.29, 0.717) is 0 Å². The lowest BCUT2D eigenvalue weighted by atomic mass is 10.0. The number of imidazole rings is 3. The van der Waals surface area contributed by atoms with Crippen LogP contribution in [0.3, 0.4) is 0 Å². The van der Waals surface area contributed by atoms with Gasteiger partial charge in [-0.25, -0.2) is 15.0 Å². The van der Waals surface area contributed by atoms with E-state index in [4.69, 9.17) is 24.9 Å². The predicted molar refractivity (Wildman–Crippen MR) is 301 cm³/mol. The number of nitrogens with zero attached hydrogens (tertiary/aromatic N) is 9. The standard InChI is InChI=1S/C60H29N9S3/c1-6-12-53-31(7-1)35-14-13-34-36-21-46(64-26-43(36)58-62-17-18-67(58)56(34)57(35)72-53)50-28-65-59-44-27-63-45(20-37(44)39-23-54-41(22-49(39)69(50)59)33-9-3-5-11-52(33)70-54)47-29-68-48-24-55-40(32-8-2-4-10-51(32)71-55)19-38(48)30-15-16-61-25-42(30)60(68)66-47/h1-29H. The molecule has 0 radical (unpaired) electrons. The average molecular weight is 972 g/mol. The Morgan fingerprint density at radius 1 is 0.361 bits per heavy atom.